The number of fused-ring (bicyclic) bond motifs is 2. The van der Waals surface area contributed by atoms with Crippen molar-refractivity contribution in [2.45, 2.75) is 26.3 Å². The summed E-state index contributed by atoms with van der Waals surface area (Å²) in [6.45, 7) is 4.08. The predicted molar refractivity (Wildman–Crippen MR) is 138 cm³/mol. The van der Waals surface area contributed by atoms with Crippen molar-refractivity contribution in [3.63, 3.8) is 0 Å². The molecule has 0 bridgehead atoms. The summed E-state index contributed by atoms with van der Waals surface area (Å²) in [5.41, 5.74) is 4.55. The molecule has 3 aromatic rings. The molecule has 36 heavy (non-hydrogen) atoms. The molecule has 0 radical (unpaired) electrons. The third-order valence-corrected chi connectivity index (χ3v) is 7.66. The Hall–Kier alpha value is -3.92. The van der Waals surface area contributed by atoms with Gasteiger partial charge in [-0.2, -0.15) is 0 Å². The summed E-state index contributed by atoms with van der Waals surface area (Å²) in [5.74, 6) is 0.214. The minimum atomic E-state index is -3.33. The second-order valence-corrected chi connectivity index (χ2v) is 10.9. The van der Waals surface area contributed by atoms with Crippen LogP contribution in [-0.4, -0.2) is 50.8 Å². The zero-order valence-electron chi connectivity index (χ0n) is 20.2. The van der Waals surface area contributed by atoms with Crippen LogP contribution in [0.15, 0.2) is 60.9 Å². The average molecular weight is 507 g/mol. The van der Waals surface area contributed by atoms with Gasteiger partial charge in [0, 0.05) is 26.2 Å². The van der Waals surface area contributed by atoms with Gasteiger partial charge in [-0.15, -0.1) is 0 Å². The Morgan fingerprint density at radius 1 is 1.03 bits per heavy atom. The summed E-state index contributed by atoms with van der Waals surface area (Å²) in [6.07, 6.45) is 4.34. The Morgan fingerprint density at radius 3 is 2.42 bits per heavy atom. The fourth-order valence-corrected chi connectivity index (χ4v) is 5.87. The van der Waals surface area contributed by atoms with E-state index in [4.69, 9.17) is 4.74 Å². The van der Waals surface area contributed by atoms with Crippen LogP contribution in [-0.2, 0) is 21.2 Å². The molecular formula is C26H26N4O5S. The van der Waals surface area contributed by atoms with E-state index in [1.54, 1.807) is 23.2 Å². The SMILES string of the molecule is CC(=O)N1c2ccc(-c3ccc4c(c3)CCN4S(C)(=O)=O)cc2N(C(=O)Oc2cccnc2)C[C@@H]1C. The number of sulfonamides is 1. The van der Waals surface area contributed by atoms with E-state index < -0.39 is 16.1 Å². The van der Waals surface area contributed by atoms with Gasteiger partial charge in [-0.3, -0.25) is 19.0 Å². The van der Waals surface area contributed by atoms with E-state index in [0.29, 0.717) is 35.8 Å². The fraction of sp³-hybridized carbons (Fsp3) is 0.269. The van der Waals surface area contributed by atoms with Crippen molar-refractivity contribution in [1.82, 2.24) is 4.98 Å². The standard InChI is InChI=1S/C26H26N4O5S/c1-17-16-28(26(32)35-22-5-4-11-27-15-22)25-14-20(7-9-24(25)30(17)18(2)31)19-6-8-23-21(13-19)10-12-29(23)36(3,33)34/h4-9,11,13-15,17H,10,12,16H2,1-3H3/t17-/m0/s1. The topological polar surface area (TPSA) is 100 Å². The molecule has 0 spiro atoms. The summed E-state index contributed by atoms with van der Waals surface area (Å²) in [5, 5.41) is 0. The molecule has 0 saturated carbocycles. The van der Waals surface area contributed by atoms with Gasteiger partial charge in [0.05, 0.1) is 35.6 Å². The first-order valence-corrected chi connectivity index (χ1v) is 13.4. The van der Waals surface area contributed by atoms with E-state index in [1.165, 1.54) is 28.6 Å². The van der Waals surface area contributed by atoms with Crippen LogP contribution in [0.5, 0.6) is 5.75 Å². The maximum Gasteiger partial charge on any atom is 0.419 e. The molecular weight excluding hydrogens is 480 g/mol. The van der Waals surface area contributed by atoms with E-state index in [2.05, 4.69) is 4.98 Å². The molecule has 5 rings (SSSR count). The van der Waals surface area contributed by atoms with E-state index in [1.807, 2.05) is 43.3 Å². The zero-order valence-corrected chi connectivity index (χ0v) is 21.0. The predicted octanol–water partition coefficient (Wildman–Crippen LogP) is 3.83. The van der Waals surface area contributed by atoms with Gasteiger partial charge in [0.15, 0.2) is 5.75 Å². The molecule has 0 saturated heterocycles. The Kier molecular flexibility index (Phi) is 5.91. The lowest BCUT2D eigenvalue weighted by molar-refractivity contribution is -0.117. The second-order valence-electron chi connectivity index (χ2n) is 9.04. The quantitative estimate of drug-likeness (QED) is 0.535. The van der Waals surface area contributed by atoms with Gasteiger partial charge in [0.1, 0.15) is 0 Å². The number of amides is 2. The van der Waals surface area contributed by atoms with Crippen LogP contribution in [0.3, 0.4) is 0 Å². The lowest BCUT2D eigenvalue weighted by Crippen LogP contribution is -2.52. The Balaban J connectivity index is 1.54. The third-order valence-electron chi connectivity index (χ3n) is 6.48. The Morgan fingerprint density at radius 2 is 1.75 bits per heavy atom. The first-order valence-electron chi connectivity index (χ1n) is 11.6. The van der Waals surface area contributed by atoms with E-state index in [0.717, 1.165) is 16.7 Å². The van der Waals surface area contributed by atoms with Crippen LogP contribution >= 0.6 is 0 Å². The number of pyridine rings is 1. The van der Waals surface area contributed by atoms with Crippen molar-refractivity contribution >= 4 is 39.1 Å². The number of nitrogens with zero attached hydrogens (tertiary/aromatic N) is 4. The summed E-state index contributed by atoms with van der Waals surface area (Å²) in [6, 6.07) is 14.4. The van der Waals surface area contributed by atoms with Crippen LogP contribution in [0, 0.1) is 0 Å². The number of ether oxygens (including phenoxy) is 1. The number of hydrogen-bond donors (Lipinski definition) is 0. The van der Waals surface area contributed by atoms with Gasteiger partial charge in [-0.05, 0) is 66.4 Å². The monoisotopic (exact) mass is 506 g/mol. The maximum absolute atomic E-state index is 13.2. The average Bonchev–Trinajstić information content (AvgIpc) is 3.27. The summed E-state index contributed by atoms with van der Waals surface area (Å²) in [4.78, 5) is 32.9. The zero-order chi connectivity index (χ0) is 25.6. The smallest absolute Gasteiger partial charge is 0.408 e. The molecule has 0 unspecified atom stereocenters. The number of anilines is 3. The summed E-state index contributed by atoms with van der Waals surface area (Å²) in [7, 11) is -3.33. The minimum Gasteiger partial charge on any atom is -0.408 e. The molecule has 186 valence electrons. The van der Waals surface area contributed by atoms with Gasteiger partial charge in [0.2, 0.25) is 15.9 Å². The van der Waals surface area contributed by atoms with E-state index in [9.17, 15) is 18.0 Å². The number of rotatable bonds is 3. The van der Waals surface area contributed by atoms with Gasteiger partial charge in [-0.25, -0.2) is 13.2 Å². The van der Waals surface area contributed by atoms with Crippen molar-refractivity contribution in [1.29, 1.82) is 0 Å². The van der Waals surface area contributed by atoms with E-state index in [-0.39, 0.29) is 18.5 Å². The molecule has 1 atom stereocenters. The van der Waals surface area contributed by atoms with Crippen molar-refractivity contribution < 1.29 is 22.7 Å². The molecule has 1 aromatic heterocycles. The summed E-state index contributed by atoms with van der Waals surface area (Å²) < 4.78 is 31.2. The van der Waals surface area contributed by atoms with Gasteiger partial charge < -0.3 is 9.64 Å². The van der Waals surface area contributed by atoms with Crippen molar-refractivity contribution in [2.75, 3.05) is 33.5 Å². The third kappa shape index (κ3) is 4.28. The first-order chi connectivity index (χ1) is 17.1. The molecule has 9 nitrogen and oxygen atoms in total. The van der Waals surface area contributed by atoms with Gasteiger partial charge >= 0.3 is 6.09 Å². The lowest BCUT2D eigenvalue weighted by atomic mass is 9.98. The molecule has 10 heteroatoms. The van der Waals surface area contributed by atoms with Crippen molar-refractivity contribution in [3.05, 3.63) is 66.5 Å². The van der Waals surface area contributed by atoms with E-state index >= 15 is 0 Å². The highest BCUT2D eigenvalue weighted by atomic mass is 32.2. The van der Waals surface area contributed by atoms with Crippen molar-refractivity contribution in [3.8, 4) is 16.9 Å². The molecule has 2 aliphatic rings. The largest absolute Gasteiger partial charge is 0.419 e. The number of hydrogen-bond acceptors (Lipinski definition) is 6. The van der Waals surface area contributed by atoms with Gasteiger partial charge in [0.25, 0.3) is 0 Å². The molecule has 3 heterocycles. The van der Waals surface area contributed by atoms with Crippen LogP contribution in [0.1, 0.15) is 19.4 Å². The van der Waals surface area contributed by atoms with Crippen LogP contribution < -0.4 is 18.8 Å². The highest BCUT2D eigenvalue weighted by Crippen LogP contribution is 2.40. The number of carbonyl (C=O) groups excluding carboxylic acids is 2. The molecule has 2 aromatic carbocycles. The fourth-order valence-electron chi connectivity index (χ4n) is 4.92. The molecule has 2 amide bonds. The number of benzene rings is 2. The highest BCUT2D eigenvalue weighted by Gasteiger charge is 2.35. The van der Waals surface area contributed by atoms with Crippen molar-refractivity contribution in [2.24, 2.45) is 0 Å². The maximum atomic E-state index is 13.2. The van der Waals surface area contributed by atoms with Crippen LogP contribution in [0.25, 0.3) is 11.1 Å². The van der Waals surface area contributed by atoms with Crippen LogP contribution in [0.2, 0.25) is 0 Å². The van der Waals surface area contributed by atoms with Crippen LogP contribution in [0.4, 0.5) is 21.9 Å². The second kappa shape index (κ2) is 8.94. The number of carbonyl (C=O) groups is 2. The van der Waals surface area contributed by atoms with Gasteiger partial charge in [-0.1, -0.05) is 12.1 Å². The minimum absolute atomic E-state index is 0.116. The Bertz CT molecular complexity index is 1460. The molecule has 0 N–H and O–H groups in total. The summed E-state index contributed by atoms with van der Waals surface area (Å²) >= 11 is 0. The Labute approximate surface area is 210 Å². The molecule has 2 aliphatic heterocycles. The molecule has 0 aliphatic carbocycles. The highest BCUT2D eigenvalue weighted by molar-refractivity contribution is 7.92. The first kappa shape index (κ1) is 23.8. The lowest BCUT2D eigenvalue weighted by Gasteiger charge is -2.40. The molecule has 0 fully saturated rings. The normalized spacial score (nSPS) is 17.0. The number of aromatic nitrogens is 1.